The summed E-state index contributed by atoms with van der Waals surface area (Å²) in [4.78, 5) is 27.1. The van der Waals surface area contributed by atoms with E-state index in [1.165, 1.54) is 18.1 Å². The molecule has 0 aromatic heterocycles. The minimum Gasteiger partial charge on any atom is -0.493 e. The van der Waals surface area contributed by atoms with E-state index in [2.05, 4.69) is 27.9 Å². The third kappa shape index (κ3) is 4.30. The third-order valence-corrected chi connectivity index (χ3v) is 5.93. The number of carbonyl (C=O) groups excluding carboxylic acids is 2. The standard InChI is InChI=1S/C21H18ClIN2O4S/c1-4-29-18-15(23)9-12(10-17(18)28-3)8-13-19(26)24-21(30)25(20(13)27)16-7-5-6-14(22)11(16)2/h5-10H,4H2,1-3H3,(H,24,26,30)/b13-8-. The van der Waals surface area contributed by atoms with Crippen molar-refractivity contribution in [2.45, 2.75) is 13.8 Å². The second kappa shape index (κ2) is 9.32. The first kappa shape index (κ1) is 22.5. The zero-order valence-corrected chi connectivity index (χ0v) is 20.1. The molecule has 2 aromatic rings. The van der Waals surface area contributed by atoms with Crippen LogP contribution in [0.1, 0.15) is 18.1 Å². The van der Waals surface area contributed by atoms with Crippen molar-refractivity contribution in [3.63, 3.8) is 0 Å². The molecule has 1 saturated heterocycles. The fraction of sp³-hybridized carbons (Fsp3) is 0.190. The molecule has 6 nitrogen and oxygen atoms in total. The highest BCUT2D eigenvalue weighted by atomic mass is 127. The van der Waals surface area contributed by atoms with Crippen molar-refractivity contribution >= 4 is 75.1 Å². The Morgan fingerprint density at radius 1 is 1.30 bits per heavy atom. The molecule has 1 aliphatic heterocycles. The van der Waals surface area contributed by atoms with Crippen molar-refractivity contribution in [3.8, 4) is 11.5 Å². The average Bonchev–Trinajstić information content (AvgIpc) is 2.70. The smallest absolute Gasteiger partial charge is 0.270 e. The zero-order valence-electron chi connectivity index (χ0n) is 16.4. The quantitative estimate of drug-likeness (QED) is 0.254. The van der Waals surface area contributed by atoms with Gasteiger partial charge >= 0.3 is 0 Å². The van der Waals surface area contributed by atoms with Gasteiger partial charge < -0.3 is 9.47 Å². The fourth-order valence-electron chi connectivity index (χ4n) is 2.99. The number of nitrogens with zero attached hydrogens (tertiary/aromatic N) is 1. The lowest BCUT2D eigenvalue weighted by Crippen LogP contribution is -2.54. The summed E-state index contributed by atoms with van der Waals surface area (Å²) >= 11 is 13.6. The van der Waals surface area contributed by atoms with Gasteiger partial charge in [-0.3, -0.25) is 19.8 Å². The molecule has 30 heavy (non-hydrogen) atoms. The molecule has 0 unspecified atom stereocenters. The van der Waals surface area contributed by atoms with Crippen LogP contribution in [0.5, 0.6) is 11.5 Å². The number of ether oxygens (including phenoxy) is 2. The van der Waals surface area contributed by atoms with Gasteiger partial charge in [0.05, 0.1) is 23.0 Å². The molecule has 0 radical (unpaired) electrons. The predicted octanol–water partition coefficient (Wildman–Crippen LogP) is 4.49. The van der Waals surface area contributed by atoms with Gasteiger partial charge in [0.2, 0.25) is 0 Å². The summed E-state index contributed by atoms with van der Waals surface area (Å²) < 4.78 is 11.8. The molecule has 0 saturated carbocycles. The van der Waals surface area contributed by atoms with Gasteiger partial charge in [0.1, 0.15) is 5.57 Å². The van der Waals surface area contributed by atoms with Crippen LogP contribution in [0.3, 0.4) is 0 Å². The van der Waals surface area contributed by atoms with Crippen molar-refractivity contribution in [1.82, 2.24) is 5.32 Å². The van der Waals surface area contributed by atoms with Gasteiger partial charge in [-0.15, -0.1) is 0 Å². The van der Waals surface area contributed by atoms with Crippen molar-refractivity contribution in [1.29, 1.82) is 0 Å². The van der Waals surface area contributed by atoms with Crippen LogP contribution in [0.2, 0.25) is 5.02 Å². The number of carbonyl (C=O) groups is 2. The van der Waals surface area contributed by atoms with E-state index in [0.717, 1.165) is 3.57 Å². The number of hydrogen-bond donors (Lipinski definition) is 1. The summed E-state index contributed by atoms with van der Waals surface area (Å²) in [5.74, 6) is 0.0256. The summed E-state index contributed by atoms with van der Waals surface area (Å²) in [5, 5.41) is 3.08. The summed E-state index contributed by atoms with van der Waals surface area (Å²) in [5.41, 5.74) is 1.77. The van der Waals surface area contributed by atoms with Crippen molar-refractivity contribution < 1.29 is 19.1 Å². The summed E-state index contributed by atoms with van der Waals surface area (Å²) in [6.07, 6.45) is 1.51. The molecule has 156 valence electrons. The minimum atomic E-state index is -0.566. The maximum atomic E-state index is 13.2. The van der Waals surface area contributed by atoms with Gasteiger partial charge in [-0.2, -0.15) is 0 Å². The van der Waals surface area contributed by atoms with Crippen LogP contribution in [0.4, 0.5) is 5.69 Å². The van der Waals surface area contributed by atoms with Crippen molar-refractivity contribution in [2.75, 3.05) is 18.6 Å². The zero-order chi connectivity index (χ0) is 22.0. The molecule has 1 fully saturated rings. The second-order valence-corrected chi connectivity index (χ2v) is 8.27. The SMILES string of the molecule is CCOc1c(I)cc(/C=C2/C(=O)NC(=S)N(c3cccc(Cl)c3C)C2=O)cc1OC. The van der Waals surface area contributed by atoms with Gasteiger partial charge in [0.25, 0.3) is 11.8 Å². The highest BCUT2D eigenvalue weighted by Crippen LogP contribution is 2.35. The number of thiocarbonyl (C=S) groups is 1. The van der Waals surface area contributed by atoms with E-state index in [9.17, 15) is 9.59 Å². The Morgan fingerprint density at radius 3 is 2.70 bits per heavy atom. The average molecular weight is 557 g/mol. The molecule has 3 rings (SSSR count). The fourth-order valence-corrected chi connectivity index (χ4v) is 4.21. The molecule has 0 spiro atoms. The maximum absolute atomic E-state index is 13.2. The van der Waals surface area contributed by atoms with E-state index in [0.29, 0.717) is 39.9 Å². The van der Waals surface area contributed by atoms with Crippen LogP contribution in [-0.2, 0) is 9.59 Å². The van der Waals surface area contributed by atoms with Crippen LogP contribution in [0.25, 0.3) is 6.08 Å². The number of halogens is 2. The highest BCUT2D eigenvalue weighted by Gasteiger charge is 2.35. The third-order valence-electron chi connectivity index (χ3n) is 4.43. The van der Waals surface area contributed by atoms with Crippen LogP contribution in [0, 0.1) is 10.5 Å². The molecule has 9 heteroatoms. The number of hydrogen-bond acceptors (Lipinski definition) is 5. The molecule has 1 aliphatic rings. The molecule has 0 atom stereocenters. The normalized spacial score (nSPS) is 15.4. The Bertz CT molecular complexity index is 1090. The van der Waals surface area contributed by atoms with E-state index in [-0.39, 0.29) is 10.7 Å². The predicted molar refractivity (Wildman–Crippen MR) is 129 cm³/mol. The lowest BCUT2D eigenvalue weighted by atomic mass is 10.1. The van der Waals surface area contributed by atoms with Gasteiger partial charge in [0, 0.05) is 5.02 Å². The number of methoxy groups -OCH3 is 1. The number of rotatable bonds is 5. The van der Waals surface area contributed by atoms with E-state index in [1.54, 1.807) is 31.2 Å². The first-order valence-corrected chi connectivity index (χ1v) is 10.8. The first-order valence-electron chi connectivity index (χ1n) is 8.95. The van der Waals surface area contributed by atoms with Gasteiger partial charge in [-0.25, -0.2) is 0 Å². The molecule has 1 N–H and O–H groups in total. The van der Waals surface area contributed by atoms with E-state index >= 15 is 0 Å². The van der Waals surface area contributed by atoms with Crippen molar-refractivity contribution in [2.24, 2.45) is 0 Å². The highest BCUT2D eigenvalue weighted by molar-refractivity contribution is 14.1. The monoisotopic (exact) mass is 556 g/mol. The minimum absolute atomic E-state index is 0.00590. The number of anilines is 1. The Morgan fingerprint density at radius 2 is 2.03 bits per heavy atom. The van der Waals surface area contributed by atoms with Crippen LogP contribution < -0.4 is 19.7 Å². The topological polar surface area (TPSA) is 67.9 Å². The molecular formula is C21H18ClIN2O4S. The van der Waals surface area contributed by atoms with Crippen LogP contribution >= 0.6 is 46.4 Å². The lowest BCUT2D eigenvalue weighted by Gasteiger charge is -2.30. The van der Waals surface area contributed by atoms with E-state index < -0.39 is 11.8 Å². The van der Waals surface area contributed by atoms with Crippen LogP contribution in [-0.4, -0.2) is 30.6 Å². The van der Waals surface area contributed by atoms with E-state index in [1.807, 2.05) is 13.0 Å². The molecule has 2 amide bonds. The Hall–Kier alpha value is -2.17. The second-order valence-electron chi connectivity index (χ2n) is 6.31. The number of amides is 2. The Kier molecular flexibility index (Phi) is 6.99. The number of nitrogens with one attached hydrogen (secondary N) is 1. The first-order chi connectivity index (χ1) is 14.3. The Balaban J connectivity index is 2.07. The Labute approximate surface area is 198 Å². The number of benzene rings is 2. The maximum Gasteiger partial charge on any atom is 0.270 e. The van der Waals surface area contributed by atoms with Gasteiger partial charge in [-0.1, -0.05) is 17.7 Å². The van der Waals surface area contributed by atoms with Crippen molar-refractivity contribution in [3.05, 3.63) is 55.6 Å². The largest absolute Gasteiger partial charge is 0.493 e. The van der Waals surface area contributed by atoms with Gasteiger partial charge in [-0.05, 0) is 90.1 Å². The molecule has 2 aromatic carbocycles. The molecular weight excluding hydrogens is 539 g/mol. The summed E-state index contributed by atoms with van der Waals surface area (Å²) in [6.45, 7) is 4.15. The molecule has 1 heterocycles. The summed E-state index contributed by atoms with van der Waals surface area (Å²) in [6, 6.07) is 8.69. The van der Waals surface area contributed by atoms with Gasteiger partial charge in [0.15, 0.2) is 16.6 Å². The van der Waals surface area contributed by atoms with Crippen LogP contribution in [0.15, 0.2) is 35.9 Å². The lowest BCUT2D eigenvalue weighted by molar-refractivity contribution is -0.122. The van der Waals surface area contributed by atoms with E-state index in [4.69, 9.17) is 33.3 Å². The molecule has 0 aliphatic carbocycles. The summed E-state index contributed by atoms with van der Waals surface area (Å²) in [7, 11) is 1.53. The molecule has 0 bridgehead atoms.